The monoisotopic (exact) mass is 171 g/mol. The van der Waals surface area contributed by atoms with Crippen molar-refractivity contribution in [3.8, 4) is 0 Å². The molecule has 1 unspecified atom stereocenters. The first-order valence-electron chi connectivity index (χ1n) is 3.53. The summed E-state index contributed by atoms with van der Waals surface area (Å²) in [7, 11) is 0. The van der Waals surface area contributed by atoms with Gasteiger partial charge in [-0.15, -0.1) is 0 Å². The Labute approximate surface area is 70.8 Å². The zero-order chi connectivity index (χ0) is 8.27. The van der Waals surface area contributed by atoms with Crippen molar-refractivity contribution in [2.45, 2.75) is 19.4 Å². The number of hydrogen-bond donors (Lipinski definition) is 1. The van der Waals surface area contributed by atoms with Gasteiger partial charge in [-0.2, -0.15) is 0 Å². The molecule has 1 N–H and O–H groups in total. The second-order valence-electron chi connectivity index (χ2n) is 2.34. The molecule has 0 aliphatic rings. The van der Waals surface area contributed by atoms with E-state index < -0.39 is 6.10 Å². The largest absolute Gasteiger partial charge is 0.388 e. The number of pyridine rings is 1. The van der Waals surface area contributed by atoms with Gasteiger partial charge in [-0.25, -0.2) is 4.98 Å². The molecule has 1 aromatic rings. The molecule has 1 aromatic heterocycles. The lowest BCUT2D eigenvalue weighted by atomic mass is 10.1. The summed E-state index contributed by atoms with van der Waals surface area (Å²) in [4.78, 5) is 3.85. The Morgan fingerprint density at radius 3 is 2.82 bits per heavy atom. The molecule has 0 amide bonds. The third-order valence-electron chi connectivity index (χ3n) is 1.52. The molecule has 0 aliphatic heterocycles. The van der Waals surface area contributed by atoms with Crippen LogP contribution >= 0.6 is 11.6 Å². The van der Waals surface area contributed by atoms with E-state index in [4.69, 9.17) is 11.6 Å². The van der Waals surface area contributed by atoms with Crippen LogP contribution in [0.1, 0.15) is 25.0 Å². The number of aliphatic hydroxyl groups excluding tert-OH is 1. The van der Waals surface area contributed by atoms with Gasteiger partial charge in [0.25, 0.3) is 0 Å². The molecule has 0 saturated carbocycles. The van der Waals surface area contributed by atoms with E-state index in [1.807, 2.05) is 6.92 Å². The lowest BCUT2D eigenvalue weighted by molar-refractivity contribution is 0.173. The van der Waals surface area contributed by atoms with E-state index in [0.717, 1.165) is 5.56 Å². The smallest absolute Gasteiger partial charge is 0.129 e. The first-order valence-corrected chi connectivity index (χ1v) is 3.91. The third-order valence-corrected chi connectivity index (χ3v) is 1.75. The van der Waals surface area contributed by atoms with Crippen molar-refractivity contribution in [1.29, 1.82) is 0 Å². The van der Waals surface area contributed by atoms with Gasteiger partial charge in [-0.05, 0) is 18.1 Å². The molecule has 0 aromatic carbocycles. The Morgan fingerprint density at radius 2 is 2.36 bits per heavy atom. The zero-order valence-corrected chi connectivity index (χ0v) is 7.04. The lowest BCUT2D eigenvalue weighted by Gasteiger charge is -2.05. The van der Waals surface area contributed by atoms with Crippen molar-refractivity contribution < 1.29 is 5.11 Å². The average Bonchev–Trinajstić information content (AvgIpc) is 2.05. The molecular weight excluding hydrogens is 162 g/mol. The first kappa shape index (κ1) is 8.50. The summed E-state index contributed by atoms with van der Waals surface area (Å²) >= 11 is 5.57. The van der Waals surface area contributed by atoms with Gasteiger partial charge in [0.05, 0.1) is 6.10 Å². The fourth-order valence-electron chi connectivity index (χ4n) is 0.820. The molecule has 0 spiro atoms. The quantitative estimate of drug-likeness (QED) is 0.692. The molecular formula is C8H10ClNO. The van der Waals surface area contributed by atoms with Gasteiger partial charge in [0.15, 0.2) is 0 Å². The Hall–Kier alpha value is -0.600. The molecule has 11 heavy (non-hydrogen) atoms. The molecule has 0 saturated heterocycles. The van der Waals surface area contributed by atoms with E-state index in [-0.39, 0.29) is 0 Å². The SMILES string of the molecule is CCC(O)c1ccc(Cl)nc1. The molecule has 1 atom stereocenters. The van der Waals surface area contributed by atoms with Crippen LogP contribution in [0.4, 0.5) is 0 Å². The highest BCUT2D eigenvalue weighted by atomic mass is 35.5. The van der Waals surface area contributed by atoms with Crippen molar-refractivity contribution in [3.05, 3.63) is 29.0 Å². The predicted molar refractivity (Wildman–Crippen MR) is 44.5 cm³/mol. The second-order valence-corrected chi connectivity index (χ2v) is 2.73. The van der Waals surface area contributed by atoms with Gasteiger partial charge in [0.1, 0.15) is 5.15 Å². The van der Waals surface area contributed by atoms with Crippen LogP contribution in [0.3, 0.4) is 0 Å². The highest BCUT2D eigenvalue weighted by Crippen LogP contribution is 2.15. The lowest BCUT2D eigenvalue weighted by Crippen LogP contribution is -1.94. The summed E-state index contributed by atoms with van der Waals surface area (Å²) in [6.45, 7) is 1.92. The zero-order valence-electron chi connectivity index (χ0n) is 6.29. The molecule has 0 fully saturated rings. The van der Waals surface area contributed by atoms with Crippen LogP contribution in [0.25, 0.3) is 0 Å². The van der Waals surface area contributed by atoms with E-state index in [1.54, 1.807) is 18.3 Å². The van der Waals surface area contributed by atoms with Crippen molar-refractivity contribution in [2.24, 2.45) is 0 Å². The molecule has 2 nitrogen and oxygen atoms in total. The van der Waals surface area contributed by atoms with Crippen LogP contribution in [-0.4, -0.2) is 10.1 Å². The maximum atomic E-state index is 9.34. The molecule has 1 heterocycles. The molecule has 0 aliphatic carbocycles. The van der Waals surface area contributed by atoms with E-state index >= 15 is 0 Å². The summed E-state index contributed by atoms with van der Waals surface area (Å²) in [6, 6.07) is 3.46. The minimum Gasteiger partial charge on any atom is -0.388 e. The average molecular weight is 172 g/mol. The third kappa shape index (κ3) is 2.17. The highest BCUT2D eigenvalue weighted by molar-refractivity contribution is 6.29. The Bertz CT molecular complexity index is 222. The van der Waals surface area contributed by atoms with Gasteiger partial charge < -0.3 is 5.11 Å². The van der Waals surface area contributed by atoms with Gasteiger partial charge in [0, 0.05) is 6.20 Å². The number of halogens is 1. The predicted octanol–water partition coefficient (Wildman–Crippen LogP) is 2.18. The Morgan fingerprint density at radius 1 is 1.64 bits per heavy atom. The maximum absolute atomic E-state index is 9.34. The highest BCUT2D eigenvalue weighted by Gasteiger charge is 2.03. The van der Waals surface area contributed by atoms with Crippen molar-refractivity contribution in [1.82, 2.24) is 4.98 Å². The van der Waals surface area contributed by atoms with E-state index in [1.165, 1.54) is 0 Å². The minimum absolute atomic E-state index is 0.417. The molecule has 0 radical (unpaired) electrons. The number of hydrogen-bond acceptors (Lipinski definition) is 2. The Balaban J connectivity index is 2.81. The van der Waals surface area contributed by atoms with Gasteiger partial charge in [0.2, 0.25) is 0 Å². The molecule has 3 heteroatoms. The van der Waals surface area contributed by atoms with Crippen LogP contribution in [0.15, 0.2) is 18.3 Å². The summed E-state index contributed by atoms with van der Waals surface area (Å²) in [5.74, 6) is 0. The van der Waals surface area contributed by atoms with Crippen molar-refractivity contribution in [2.75, 3.05) is 0 Å². The number of aromatic nitrogens is 1. The van der Waals surface area contributed by atoms with E-state index in [0.29, 0.717) is 11.6 Å². The summed E-state index contributed by atoms with van der Waals surface area (Å²) < 4.78 is 0. The van der Waals surface area contributed by atoms with Gasteiger partial charge >= 0.3 is 0 Å². The van der Waals surface area contributed by atoms with E-state index in [2.05, 4.69) is 4.98 Å². The first-order chi connectivity index (χ1) is 5.24. The summed E-state index contributed by atoms with van der Waals surface area (Å²) in [5, 5.41) is 9.79. The number of rotatable bonds is 2. The number of nitrogens with zero attached hydrogens (tertiary/aromatic N) is 1. The number of aliphatic hydroxyl groups is 1. The van der Waals surface area contributed by atoms with Crippen LogP contribution in [0, 0.1) is 0 Å². The fourth-order valence-corrected chi connectivity index (χ4v) is 0.932. The summed E-state index contributed by atoms with van der Waals surface area (Å²) in [5.41, 5.74) is 0.817. The van der Waals surface area contributed by atoms with Crippen LogP contribution in [0.5, 0.6) is 0 Å². The van der Waals surface area contributed by atoms with Crippen LogP contribution in [0.2, 0.25) is 5.15 Å². The van der Waals surface area contributed by atoms with Crippen molar-refractivity contribution >= 4 is 11.6 Å². The van der Waals surface area contributed by atoms with E-state index in [9.17, 15) is 5.11 Å². The van der Waals surface area contributed by atoms with Gasteiger partial charge in [-0.1, -0.05) is 24.6 Å². The molecule has 60 valence electrons. The fraction of sp³-hybridized carbons (Fsp3) is 0.375. The molecule has 1 rings (SSSR count). The van der Waals surface area contributed by atoms with Crippen LogP contribution in [-0.2, 0) is 0 Å². The van der Waals surface area contributed by atoms with Crippen molar-refractivity contribution in [3.63, 3.8) is 0 Å². The normalized spacial score (nSPS) is 13.0. The van der Waals surface area contributed by atoms with Crippen LogP contribution < -0.4 is 0 Å². The maximum Gasteiger partial charge on any atom is 0.129 e. The summed E-state index contributed by atoms with van der Waals surface area (Å²) in [6.07, 6.45) is 1.87. The van der Waals surface area contributed by atoms with Gasteiger partial charge in [-0.3, -0.25) is 0 Å². The Kier molecular flexibility index (Phi) is 2.85. The second kappa shape index (κ2) is 3.69. The topological polar surface area (TPSA) is 33.1 Å². The standard InChI is InChI=1S/C8H10ClNO/c1-2-7(11)6-3-4-8(9)10-5-6/h3-5,7,11H,2H2,1H3. The minimum atomic E-state index is -0.417. The molecule has 0 bridgehead atoms.